The zero-order valence-corrected chi connectivity index (χ0v) is 11.4. The topological polar surface area (TPSA) is 21.3 Å². The van der Waals surface area contributed by atoms with Crippen molar-refractivity contribution in [3.05, 3.63) is 34.9 Å². The average Bonchev–Trinajstić information content (AvgIpc) is 2.94. The van der Waals surface area contributed by atoms with Gasteiger partial charge in [-0.3, -0.25) is 0 Å². The zero-order chi connectivity index (χ0) is 12.5. The van der Waals surface area contributed by atoms with E-state index in [-0.39, 0.29) is 0 Å². The van der Waals surface area contributed by atoms with E-state index < -0.39 is 0 Å². The molecule has 2 nitrogen and oxygen atoms in total. The SMILES string of the molecule is Cc1ccc(CNCC2CC3CCC2O3)c(C)c1. The van der Waals surface area contributed by atoms with Gasteiger partial charge in [0.15, 0.2) is 0 Å². The Morgan fingerprint density at radius 3 is 2.83 bits per heavy atom. The maximum Gasteiger partial charge on any atom is 0.0621 e. The van der Waals surface area contributed by atoms with Crippen molar-refractivity contribution < 1.29 is 4.74 Å². The van der Waals surface area contributed by atoms with Gasteiger partial charge in [0.1, 0.15) is 0 Å². The molecule has 98 valence electrons. The van der Waals surface area contributed by atoms with E-state index in [0.717, 1.165) is 19.0 Å². The van der Waals surface area contributed by atoms with E-state index in [9.17, 15) is 0 Å². The molecule has 0 aromatic heterocycles. The molecule has 1 aromatic rings. The van der Waals surface area contributed by atoms with E-state index in [2.05, 4.69) is 37.4 Å². The standard InChI is InChI=1S/C16H23NO/c1-11-3-4-13(12(2)7-11)9-17-10-14-8-15-5-6-16(14)18-15/h3-4,7,14-17H,5-6,8-10H2,1-2H3. The van der Waals surface area contributed by atoms with Crippen molar-refractivity contribution >= 4 is 0 Å². The first-order valence-electron chi connectivity index (χ1n) is 7.14. The quantitative estimate of drug-likeness (QED) is 0.880. The molecule has 3 atom stereocenters. The van der Waals surface area contributed by atoms with Crippen molar-refractivity contribution in [3.63, 3.8) is 0 Å². The summed E-state index contributed by atoms with van der Waals surface area (Å²) in [5.41, 5.74) is 4.16. The molecule has 0 spiro atoms. The number of aryl methyl sites for hydroxylation is 2. The van der Waals surface area contributed by atoms with Gasteiger partial charge >= 0.3 is 0 Å². The Hall–Kier alpha value is -0.860. The minimum atomic E-state index is 0.543. The summed E-state index contributed by atoms with van der Waals surface area (Å²) in [6.45, 7) is 6.44. The highest BCUT2D eigenvalue weighted by Gasteiger charge is 2.40. The lowest BCUT2D eigenvalue weighted by molar-refractivity contribution is 0.0924. The normalized spacial score (nSPS) is 30.0. The number of ether oxygens (including phenoxy) is 1. The third-order valence-electron chi connectivity index (χ3n) is 4.45. The molecule has 2 saturated heterocycles. The molecule has 0 saturated carbocycles. The molecule has 2 heterocycles. The van der Waals surface area contributed by atoms with Crippen LogP contribution in [0, 0.1) is 19.8 Å². The van der Waals surface area contributed by atoms with Gasteiger partial charge in [-0.1, -0.05) is 23.8 Å². The van der Waals surface area contributed by atoms with Crippen molar-refractivity contribution in [2.45, 2.75) is 51.9 Å². The van der Waals surface area contributed by atoms with Gasteiger partial charge in [0.2, 0.25) is 0 Å². The molecule has 3 rings (SSSR count). The van der Waals surface area contributed by atoms with Gasteiger partial charge in [-0.25, -0.2) is 0 Å². The second-order valence-corrected chi connectivity index (χ2v) is 5.93. The van der Waals surface area contributed by atoms with Gasteiger partial charge in [-0.2, -0.15) is 0 Å². The molecule has 18 heavy (non-hydrogen) atoms. The largest absolute Gasteiger partial charge is 0.375 e. The first-order valence-corrected chi connectivity index (χ1v) is 7.14. The molecule has 3 unspecified atom stereocenters. The highest BCUT2D eigenvalue weighted by Crippen LogP contribution is 2.38. The number of rotatable bonds is 4. The van der Waals surface area contributed by atoms with Gasteiger partial charge < -0.3 is 10.1 Å². The highest BCUT2D eigenvalue weighted by atomic mass is 16.5. The molecule has 2 aliphatic rings. The fourth-order valence-electron chi connectivity index (χ4n) is 3.39. The lowest BCUT2D eigenvalue weighted by atomic mass is 9.89. The summed E-state index contributed by atoms with van der Waals surface area (Å²) >= 11 is 0. The predicted octanol–water partition coefficient (Wildman–Crippen LogP) is 2.96. The van der Waals surface area contributed by atoms with Crippen LogP contribution in [0.4, 0.5) is 0 Å². The maximum atomic E-state index is 5.89. The van der Waals surface area contributed by atoms with Gasteiger partial charge in [0.25, 0.3) is 0 Å². The molecule has 0 amide bonds. The van der Waals surface area contributed by atoms with Crippen LogP contribution in [0.2, 0.25) is 0 Å². The summed E-state index contributed by atoms with van der Waals surface area (Å²) < 4.78 is 5.89. The summed E-state index contributed by atoms with van der Waals surface area (Å²) in [5.74, 6) is 0.745. The summed E-state index contributed by atoms with van der Waals surface area (Å²) in [7, 11) is 0. The van der Waals surface area contributed by atoms with Crippen LogP contribution < -0.4 is 5.32 Å². The molecule has 1 aromatic carbocycles. The summed E-state index contributed by atoms with van der Waals surface area (Å²) in [4.78, 5) is 0. The first kappa shape index (κ1) is 12.2. The Kier molecular flexibility index (Phi) is 3.40. The second-order valence-electron chi connectivity index (χ2n) is 5.93. The Bertz CT molecular complexity index is 429. The number of fused-ring (bicyclic) bond motifs is 2. The van der Waals surface area contributed by atoms with Gasteiger partial charge in [0.05, 0.1) is 12.2 Å². The van der Waals surface area contributed by atoms with Crippen LogP contribution in [0.1, 0.15) is 36.0 Å². The average molecular weight is 245 g/mol. The van der Waals surface area contributed by atoms with Crippen molar-refractivity contribution in [1.29, 1.82) is 0 Å². The Balaban J connectivity index is 1.50. The van der Waals surface area contributed by atoms with E-state index in [1.165, 1.54) is 36.0 Å². The number of hydrogen-bond donors (Lipinski definition) is 1. The summed E-state index contributed by atoms with van der Waals surface area (Å²) in [6, 6.07) is 6.71. The van der Waals surface area contributed by atoms with Crippen molar-refractivity contribution in [2.75, 3.05) is 6.54 Å². The van der Waals surface area contributed by atoms with Crippen LogP contribution in [0.5, 0.6) is 0 Å². The summed E-state index contributed by atoms with van der Waals surface area (Å²) in [6.07, 6.45) is 4.95. The highest BCUT2D eigenvalue weighted by molar-refractivity contribution is 5.30. The van der Waals surface area contributed by atoms with E-state index in [4.69, 9.17) is 4.74 Å². The first-order chi connectivity index (χ1) is 8.72. The van der Waals surface area contributed by atoms with E-state index in [0.29, 0.717) is 12.2 Å². The molecule has 2 bridgehead atoms. The fraction of sp³-hybridized carbons (Fsp3) is 0.625. The van der Waals surface area contributed by atoms with Crippen LogP contribution in [0.15, 0.2) is 18.2 Å². The van der Waals surface area contributed by atoms with Crippen LogP contribution in [0.25, 0.3) is 0 Å². The van der Waals surface area contributed by atoms with Crippen LogP contribution >= 0.6 is 0 Å². The minimum Gasteiger partial charge on any atom is -0.375 e. The minimum absolute atomic E-state index is 0.543. The van der Waals surface area contributed by atoms with Gasteiger partial charge in [-0.15, -0.1) is 0 Å². The molecular formula is C16H23NO. The van der Waals surface area contributed by atoms with Gasteiger partial charge in [-0.05, 0) is 44.2 Å². The van der Waals surface area contributed by atoms with Crippen LogP contribution in [-0.4, -0.2) is 18.8 Å². The van der Waals surface area contributed by atoms with E-state index in [1.807, 2.05) is 0 Å². The molecule has 0 radical (unpaired) electrons. The number of nitrogens with one attached hydrogen (secondary N) is 1. The third-order valence-corrected chi connectivity index (χ3v) is 4.45. The Morgan fingerprint density at radius 1 is 1.28 bits per heavy atom. The second kappa shape index (κ2) is 5.02. The van der Waals surface area contributed by atoms with Crippen LogP contribution in [-0.2, 0) is 11.3 Å². The molecule has 0 aliphatic carbocycles. The predicted molar refractivity (Wildman–Crippen MR) is 73.6 cm³/mol. The number of hydrogen-bond acceptors (Lipinski definition) is 2. The molecule has 1 N–H and O–H groups in total. The van der Waals surface area contributed by atoms with Gasteiger partial charge in [0, 0.05) is 19.0 Å². The van der Waals surface area contributed by atoms with E-state index >= 15 is 0 Å². The monoisotopic (exact) mass is 245 g/mol. The number of benzene rings is 1. The molecule has 2 aliphatic heterocycles. The third kappa shape index (κ3) is 2.45. The van der Waals surface area contributed by atoms with Crippen molar-refractivity contribution in [2.24, 2.45) is 5.92 Å². The zero-order valence-electron chi connectivity index (χ0n) is 11.4. The lowest BCUT2D eigenvalue weighted by Crippen LogP contribution is -2.29. The molecule has 2 fully saturated rings. The van der Waals surface area contributed by atoms with Crippen LogP contribution in [0.3, 0.4) is 0 Å². The van der Waals surface area contributed by atoms with Crippen molar-refractivity contribution in [3.8, 4) is 0 Å². The molecule has 2 heteroatoms. The van der Waals surface area contributed by atoms with E-state index in [1.54, 1.807) is 0 Å². The molecular weight excluding hydrogens is 222 g/mol. The fourth-order valence-corrected chi connectivity index (χ4v) is 3.39. The smallest absolute Gasteiger partial charge is 0.0621 e. The lowest BCUT2D eigenvalue weighted by Gasteiger charge is -2.19. The summed E-state index contributed by atoms with van der Waals surface area (Å²) in [5, 5.41) is 3.61. The Morgan fingerprint density at radius 2 is 2.17 bits per heavy atom. The Labute approximate surface area is 110 Å². The van der Waals surface area contributed by atoms with Crippen molar-refractivity contribution in [1.82, 2.24) is 5.32 Å². The maximum absolute atomic E-state index is 5.89.